The summed E-state index contributed by atoms with van der Waals surface area (Å²) in [5.74, 6) is 1.73. The summed E-state index contributed by atoms with van der Waals surface area (Å²) in [6.07, 6.45) is 9.36. The first-order chi connectivity index (χ1) is 16.7. The average molecular weight is 503 g/mol. The number of benzene rings is 4. The molecule has 1 aliphatic carbocycles. The molecule has 0 N–H and O–H groups in total. The molecule has 0 radical (unpaired) electrons. The number of hydrogen-bond donors (Lipinski definition) is 0. The van der Waals surface area contributed by atoms with Crippen molar-refractivity contribution in [2.45, 2.75) is 11.8 Å². The summed E-state index contributed by atoms with van der Waals surface area (Å²) >= 11 is 3.79. The van der Waals surface area contributed by atoms with Gasteiger partial charge in [-0.2, -0.15) is 0 Å². The number of para-hydroxylation sites is 2. The van der Waals surface area contributed by atoms with E-state index in [9.17, 15) is 0 Å². The fourth-order valence-corrected chi connectivity index (χ4v) is 5.89. The van der Waals surface area contributed by atoms with Crippen LogP contribution in [0.4, 0.5) is 0 Å². The molecule has 0 bridgehead atoms. The predicted octanol–water partition coefficient (Wildman–Crippen LogP) is 8.62. The summed E-state index contributed by atoms with van der Waals surface area (Å²) in [5.41, 5.74) is 7.56. The highest BCUT2D eigenvalue weighted by Crippen LogP contribution is 2.58. The van der Waals surface area contributed by atoms with Gasteiger partial charge in [-0.15, -0.1) is 0 Å². The zero-order valence-corrected chi connectivity index (χ0v) is 20.3. The number of ether oxygens (including phenoxy) is 1. The van der Waals surface area contributed by atoms with E-state index in [1.165, 1.54) is 16.7 Å². The van der Waals surface area contributed by atoms with Crippen LogP contribution < -0.4 is 4.74 Å². The molecule has 4 aromatic carbocycles. The first-order valence-electron chi connectivity index (χ1n) is 11.5. The zero-order valence-electron chi connectivity index (χ0n) is 18.7. The van der Waals surface area contributed by atoms with Crippen LogP contribution in [0.2, 0.25) is 0 Å². The number of halogens is 1. The van der Waals surface area contributed by atoms with Crippen LogP contribution in [0.15, 0.2) is 126 Å². The molecular weight excluding hydrogens is 480 g/mol. The zero-order chi connectivity index (χ0) is 23.1. The molecule has 2 heteroatoms. The minimum absolute atomic E-state index is 0.573. The lowest BCUT2D eigenvalue weighted by atomic mass is 9.61. The molecule has 1 heterocycles. The minimum atomic E-state index is -0.573. The standard InChI is InChI=1S/C32H23BrO/c1-22-12-3-2-4-13-23-14-5-7-16-25(23)32(26-17-8-6-15-24(22)26)27-18-9-10-21-30(27)34-31-28(32)19-11-20-29(31)33/h2-12,14-21H,1,13H2/b4-2-,12-3-. The van der Waals surface area contributed by atoms with Gasteiger partial charge in [0.1, 0.15) is 11.5 Å². The Bertz CT molecular complexity index is 1490. The molecule has 6 rings (SSSR count). The fraction of sp³-hybridized carbons (Fsp3) is 0.0625. The summed E-state index contributed by atoms with van der Waals surface area (Å²) < 4.78 is 7.49. The van der Waals surface area contributed by atoms with E-state index in [1.54, 1.807) is 0 Å². The van der Waals surface area contributed by atoms with Crippen LogP contribution in [0, 0.1) is 0 Å². The number of fused-ring (bicyclic) bond motifs is 8. The Morgan fingerprint density at radius 3 is 2.29 bits per heavy atom. The first-order valence-corrected chi connectivity index (χ1v) is 12.3. The molecule has 1 unspecified atom stereocenters. The van der Waals surface area contributed by atoms with Crippen LogP contribution in [0.1, 0.15) is 33.4 Å². The second-order valence-corrected chi connectivity index (χ2v) is 9.54. The second kappa shape index (κ2) is 8.30. The Morgan fingerprint density at radius 1 is 0.706 bits per heavy atom. The second-order valence-electron chi connectivity index (χ2n) is 8.68. The van der Waals surface area contributed by atoms with Crippen molar-refractivity contribution in [3.05, 3.63) is 160 Å². The van der Waals surface area contributed by atoms with Crippen LogP contribution in [0.5, 0.6) is 11.5 Å². The van der Waals surface area contributed by atoms with Crippen LogP contribution >= 0.6 is 15.9 Å². The van der Waals surface area contributed by atoms with Crippen molar-refractivity contribution >= 4 is 21.5 Å². The maximum Gasteiger partial charge on any atom is 0.146 e. The van der Waals surface area contributed by atoms with E-state index in [4.69, 9.17) is 4.74 Å². The van der Waals surface area contributed by atoms with Crippen molar-refractivity contribution in [2.24, 2.45) is 0 Å². The lowest BCUT2D eigenvalue weighted by Gasteiger charge is -2.43. The molecule has 34 heavy (non-hydrogen) atoms. The summed E-state index contributed by atoms with van der Waals surface area (Å²) in [6.45, 7) is 4.46. The van der Waals surface area contributed by atoms with Gasteiger partial charge in [0.05, 0.1) is 9.89 Å². The lowest BCUT2D eigenvalue weighted by Crippen LogP contribution is -2.36. The largest absolute Gasteiger partial charge is 0.455 e. The van der Waals surface area contributed by atoms with Gasteiger partial charge in [0.25, 0.3) is 0 Å². The van der Waals surface area contributed by atoms with Gasteiger partial charge in [-0.3, -0.25) is 0 Å². The van der Waals surface area contributed by atoms with Gasteiger partial charge in [0.15, 0.2) is 0 Å². The number of rotatable bonds is 0. The molecule has 164 valence electrons. The average Bonchev–Trinajstić information content (AvgIpc) is 2.90. The van der Waals surface area contributed by atoms with Gasteiger partial charge in [-0.1, -0.05) is 110 Å². The van der Waals surface area contributed by atoms with E-state index in [2.05, 4.69) is 126 Å². The van der Waals surface area contributed by atoms with Gasteiger partial charge in [0.2, 0.25) is 0 Å². The van der Waals surface area contributed by atoms with E-state index < -0.39 is 5.41 Å². The highest BCUT2D eigenvalue weighted by Gasteiger charge is 2.47. The van der Waals surface area contributed by atoms with Gasteiger partial charge in [0, 0.05) is 11.1 Å². The Hall–Kier alpha value is -3.62. The molecule has 1 aliphatic heterocycles. The Balaban J connectivity index is 1.87. The van der Waals surface area contributed by atoms with E-state index >= 15 is 0 Å². The summed E-state index contributed by atoms with van der Waals surface area (Å²) in [7, 11) is 0. The molecule has 0 amide bonds. The van der Waals surface area contributed by atoms with E-state index in [0.717, 1.165) is 44.7 Å². The molecule has 2 aliphatic rings. The molecule has 4 aromatic rings. The molecule has 1 nitrogen and oxygen atoms in total. The third-order valence-corrected chi connectivity index (χ3v) is 7.48. The smallest absolute Gasteiger partial charge is 0.146 e. The van der Waals surface area contributed by atoms with Crippen molar-refractivity contribution < 1.29 is 4.74 Å². The third-order valence-electron chi connectivity index (χ3n) is 6.85. The van der Waals surface area contributed by atoms with E-state index in [-0.39, 0.29) is 0 Å². The maximum atomic E-state index is 6.55. The molecule has 0 saturated heterocycles. The molecule has 0 fully saturated rings. The van der Waals surface area contributed by atoms with Crippen molar-refractivity contribution in [1.29, 1.82) is 0 Å². The Kier molecular flexibility index (Phi) is 5.12. The number of allylic oxidation sites excluding steroid dienone is 5. The van der Waals surface area contributed by atoms with Crippen LogP contribution in [-0.2, 0) is 11.8 Å². The van der Waals surface area contributed by atoms with Crippen molar-refractivity contribution in [3.63, 3.8) is 0 Å². The quantitative estimate of drug-likeness (QED) is 0.206. The molecule has 1 spiro atoms. The van der Waals surface area contributed by atoms with Crippen LogP contribution in [-0.4, -0.2) is 0 Å². The van der Waals surface area contributed by atoms with E-state index in [0.29, 0.717) is 0 Å². The molecule has 1 atom stereocenters. The van der Waals surface area contributed by atoms with Gasteiger partial charge in [-0.05, 0) is 62.3 Å². The SMILES string of the molecule is C=C1/C=C\C=C/Cc2ccccc2C2(c3ccccc3Oc3c(Br)cccc32)c2ccccc21. The predicted molar refractivity (Wildman–Crippen MR) is 144 cm³/mol. The summed E-state index contributed by atoms with van der Waals surface area (Å²) in [6, 6.07) is 32.3. The monoisotopic (exact) mass is 502 g/mol. The summed E-state index contributed by atoms with van der Waals surface area (Å²) in [5, 5.41) is 0. The third kappa shape index (κ3) is 3.06. The van der Waals surface area contributed by atoms with Gasteiger partial charge < -0.3 is 4.74 Å². The van der Waals surface area contributed by atoms with Gasteiger partial charge >= 0.3 is 0 Å². The molecule has 0 aromatic heterocycles. The number of hydrogen-bond acceptors (Lipinski definition) is 1. The molecule has 0 saturated carbocycles. The van der Waals surface area contributed by atoms with Crippen LogP contribution in [0.3, 0.4) is 0 Å². The van der Waals surface area contributed by atoms with Gasteiger partial charge in [-0.25, -0.2) is 0 Å². The topological polar surface area (TPSA) is 9.23 Å². The maximum absolute atomic E-state index is 6.55. The fourth-order valence-electron chi connectivity index (χ4n) is 5.44. The summed E-state index contributed by atoms with van der Waals surface area (Å²) in [4.78, 5) is 0. The van der Waals surface area contributed by atoms with E-state index in [1.807, 2.05) is 12.1 Å². The first kappa shape index (κ1) is 20.9. The normalized spacial score (nSPS) is 20.1. The lowest BCUT2D eigenvalue weighted by molar-refractivity contribution is 0.431. The minimum Gasteiger partial charge on any atom is -0.455 e. The highest BCUT2D eigenvalue weighted by atomic mass is 79.9. The molecular formula is C32H23BrO. The van der Waals surface area contributed by atoms with Crippen LogP contribution in [0.25, 0.3) is 5.57 Å². The van der Waals surface area contributed by atoms with Crippen molar-refractivity contribution in [1.82, 2.24) is 0 Å². The Morgan fingerprint density at radius 2 is 1.41 bits per heavy atom. The van der Waals surface area contributed by atoms with Crippen molar-refractivity contribution in [3.8, 4) is 11.5 Å². The van der Waals surface area contributed by atoms with Crippen molar-refractivity contribution in [2.75, 3.05) is 0 Å². The Labute approximate surface area is 208 Å². The highest BCUT2D eigenvalue weighted by molar-refractivity contribution is 9.10.